The highest BCUT2D eigenvalue weighted by Crippen LogP contribution is 2.38. The fourth-order valence-corrected chi connectivity index (χ4v) is 4.29. The van der Waals surface area contributed by atoms with Gasteiger partial charge in [-0.25, -0.2) is 4.79 Å². The molecule has 0 saturated carbocycles. The molecule has 2 aliphatic heterocycles. The van der Waals surface area contributed by atoms with Gasteiger partial charge in [0.1, 0.15) is 12.4 Å². The van der Waals surface area contributed by atoms with Crippen molar-refractivity contribution in [3.63, 3.8) is 0 Å². The van der Waals surface area contributed by atoms with Crippen molar-refractivity contribution >= 4 is 11.9 Å². The van der Waals surface area contributed by atoms with Gasteiger partial charge in [-0.2, -0.15) is 0 Å². The second-order valence-corrected chi connectivity index (χ2v) is 7.42. The van der Waals surface area contributed by atoms with Crippen LogP contribution in [0.4, 0.5) is 4.79 Å². The molecule has 2 unspecified atom stereocenters. The van der Waals surface area contributed by atoms with Gasteiger partial charge in [-0.3, -0.25) is 4.79 Å². The first-order chi connectivity index (χ1) is 12.2. The Hall–Kier alpha value is -1.84. The van der Waals surface area contributed by atoms with Crippen molar-refractivity contribution in [3.8, 4) is 0 Å². The van der Waals surface area contributed by atoms with E-state index in [2.05, 4.69) is 6.92 Å². The predicted octanol–water partition coefficient (Wildman–Crippen LogP) is 4.72. The van der Waals surface area contributed by atoms with E-state index in [9.17, 15) is 9.59 Å². The number of rotatable bonds is 6. The number of nitrogens with zero attached hydrogens (tertiary/aromatic N) is 1. The number of Topliss-reactive ketones (excluding diaryl/α,β-unsaturated/α-hetero) is 1. The van der Waals surface area contributed by atoms with Crippen molar-refractivity contribution < 1.29 is 14.3 Å². The number of hydrogen-bond donors (Lipinski definition) is 0. The molecule has 25 heavy (non-hydrogen) atoms. The second kappa shape index (κ2) is 8.50. The van der Waals surface area contributed by atoms with Crippen LogP contribution >= 0.6 is 0 Å². The standard InChI is InChI=1S/C21H29NO3/c1-2-3-12-20(23)17-13-18-10-7-11-19(14-17)22(18)21(24)25-15-16-8-5-4-6-9-16/h4-6,8-9,17-19H,2-3,7,10-15H2,1H3. The van der Waals surface area contributed by atoms with Crippen LogP contribution in [-0.4, -0.2) is 28.9 Å². The number of ether oxygens (including phenoxy) is 1. The summed E-state index contributed by atoms with van der Waals surface area (Å²) >= 11 is 0. The predicted molar refractivity (Wildman–Crippen MR) is 97.1 cm³/mol. The molecule has 2 aliphatic rings. The number of hydrogen-bond acceptors (Lipinski definition) is 3. The highest BCUT2D eigenvalue weighted by molar-refractivity contribution is 5.81. The molecular formula is C21H29NO3. The molecular weight excluding hydrogens is 314 g/mol. The van der Waals surface area contributed by atoms with E-state index >= 15 is 0 Å². The van der Waals surface area contributed by atoms with Gasteiger partial charge in [0.15, 0.2) is 0 Å². The Morgan fingerprint density at radius 2 is 1.80 bits per heavy atom. The van der Waals surface area contributed by atoms with Crippen LogP contribution in [0.15, 0.2) is 30.3 Å². The number of amides is 1. The van der Waals surface area contributed by atoms with E-state index in [0.29, 0.717) is 18.8 Å². The minimum absolute atomic E-state index is 0.139. The van der Waals surface area contributed by atoms with Crippen molar-refractivity contribution in [1.29, 1.82) is 0 Å². The van der Waals surface area contributed by atoms with Crippen LogP contribution < -0.4 is 0 Å². The summed E-state index contributed by atoms with van der Waals surface area (Å²) in [7, 11) is 0. The molecule has 0 spiro atoms. The molecule has 0 aromatic heterocycles. The van der Waals surface area contributed by atoms with Gasteiger partial charge in [0.05, 0.1) is 0 Å². The van der Waals surface area contributed by atoms with Crippen molar-refractivity contribution in [2.45, 2.75) is 77.0 Å². The average molecular weight is 343 g/mol. The molecule has 1 aromatic rings. The molecule has 0 N–H and O–H groups in total. The van der Waals surface area contributed by atoms with E-state index in [1.54, 1.807) is 0 Å². The molecule has 2 bridgehead atoms. The summed E-state index contributed by atoms with van der Waals surface area (Å²) in [6.45, 7) is 2.43. The van der Waals surface area contributed by atoms with Gasteiger partial charge < -0.3 is 9.64 Å². The number of unbranched alkanes of at least 4 members (excludes halogenated alkanes) is 1. The van der Waals surface area contributed by atoms with Crippen molar-refractivity contribution in [2.24, 2.45) is 5.92 Å². The van der Waals surface area contributed by atoms with Crippen LogP contribution in [0.3, 0.4) is 0 Å². The van der Waals surface area contributed by atoms with Gasteiger partial charge in [0.25, 0.3) is 0 Å². The summed E-state index contributed by atoms with van der Waals surface area (Å²) in [5.41, 5.74) is 1.01. The first-order valence-corrected chi connectivity index (χ1v) is 9.70. The molecule has 0 radical (unpaired) electrons. The fraction of sp³-hybridized carbons (Fsp3) is 0.619. The summed E-state index contributed by atoms with van der Waals surface area (Å²) in [5, 5.41) is 0. The lowest BCUT2D eigenvalue weighted by Crippen LogP contribution is -2.55. The number of fused-ring (bicyclic) bond motifs is 2. The Morgan fingerprint density at radius 3 is 2.44 bits per heavy atom. The first kappa shape index (κ1) is 18.0. The van der Waals surface area contributed by atoms with Crippen LogP contribution in [0.2, 0.25) is 0 Å². The molecule has 3 rings (SSSR count). The van der Waals surface area contributed by atoms with Crippen molar-refractivity contribution in [3.05, 3.63) is 35.9 Å². The highest BCUT2D eigenvalue weighted by Gasteiger charge is 2.43. The summed E-state index contributed by atoms with van der Waals surface area (Å²) in [6, 6.07) is 10.1. The van der Waals surface area contributed by atoms with Gasteiger partial charge in [-0.15, -0.1) is 0 Å². The largest absolute Gasteiger partial charge is 0.445 e. The Labute approximate surface area is 150 Å². The number of benzene rings is 1. The number of carbonyl (C=O) groups is 2. The van der Waals surface area contributed by atoms with E-state index in [0.717, 1.165) is 50.5 Å². The van der Waals surface area contributed by atoms with Crippen LogP contribution in [-0.2, 0) is 16.1 Å². The SMILES string of the molecule is CCCCC(=O)C1CC2CCCC(C1)N2C(=O)OCc1ccccc1. The normalized spacial score (nSPS) is 25.5. The smallest absolute Gasteiger partial charge is 0.410 e. The molecule has 1 aromatic carbocycles. The third-order valence-electron chi connectivity index (χ3n) is 5.62. The van der Waals surface area contributed by atoms with Gasteiger partial charge in [-0.05, 0) is 44.1 Å². The Morgan fingerprint density at radius 1 is 1.12 bits per heavy atom. The van der Waals surface area contributed by atoms with Crippen molar-refractivity contribution in [2.75, 3.05) is 0 Å². The topological polar surface area (TPSA) is 46.6 Å². The summed E-state index contributed by atoms with van der Waals surface area (Å²) in [5.74, 6) is 0.538. The van der Waals surface area contributed by atoms with E-state index in [1.165, 1.54) is 0 Å². The average Bonchev–Trinajstić information content (AvgIpc) is 2.64. The molecule has 136 valence electrons. The molecule has 2 fully saturated rings. The van der Waals surface area contributed by atoms with E-state index < -0.39 is 0 Å². The summed E-state index contributed by atoms with van der Waals surface area (Å²) in [6.07, 6.45) is 7.30. The number of piperidine rings is 2. The molecule has 4 heteroatoms. The fourth-order valence-electron chi connectivity index (χ4n) is 4.29. The van der Waals surface area contributed by atoms with Crippen molar-refractivity contribution in [1.82, 2.24) is 4.90 Å². The molecule has 2 atom stereocenters. The lowest BCUT2D eigenvalue weighted by Gasteiger charge is -2.47. The maximum absolute atomic E-state index is 12.7. The third-order valence-corrected chi connectivity index (χ3v) is 5.62. The minimum Gasteiger partial charge on any atom is -0.445 e. The molecule has 2 saturated heterocycles. The first-order valence-electron chi connectivity index (χ1n) is 9.70. The number of carbonyl (C=O) groups excluding carboxylic acids is 2. The third kappa shape index (κ3) is 4.42. The summed E-state index contributed by atoms with van der Waals surface area (Å²) in [4.78, 5) is 27.0. The maximum Gasteiger partial charge on any atom is 0.410 e. The van der Waals surface area contributed by atoms with Crippen LogP contribution in [0.5, 0.6) is 0 Å². The van der Waals surface area contributed by atoms with E-state index in [1.807, 2.05) is 35.2 Å². The lowest BCUT2D eigenvalue weighted by atomic mass is 9.76. The quantitative estimate of drug-likeness (QED) is 0.751. The van der Waals surface area contributed by atoms with E-state index in [-0.39, 0.29) is 24.1 Å². The Balaban J connectivity index is 1.59. The Bertz CT molecular complexity index is 572. The van der Waals surface area contributed by atoms with Crippen LogP contribution in [0, 0.1) is 5.92 Å². The van der Waals surface area contributed by atoms with Gasteiger partial charge >= 0.3 is 6.09 Å². The molecule has 4 nitrogen and oxygen atoms in total. The zero-order chi connectivity index (χ0) is 17.6. The summed E-state index contributed by atoms with van der Waals surface area (Å²) < 4.78 is 5.57. The Kier molecular flexibility index (Phi) is 6.11. The monoisotopic (exact) mass is 343 g/mol. The van der Waals surface area contributed by atoms with Gasteiger partial charge in [0, 0.05) is 24.4 Å². The molecule has 1 amide bonds. The van der Waals surface area contributed by atoms with Crippen LogP contribution in [0.1, 0.15) is 63.9 Å². The lowest BCUT2D eigenvalue weighted by molar-refractivity contribution is -0.126. The minimum atomic E-state index is -0.210. The van der Waals surface area contributed by atoms with Crippen LogP contribution in [0.25, 0.3) is 0 Å². The zero-order valence-corrected chi connectivity index (χ0v) is 15.2. The van der Waals surface area contributed by atoms with Gasteiger partial charge in [-0.1, -0.05) is 43.7 Å². The number of ketones is 1. The molecule has 0 aliphatic carbocycles. The maximum atomic E-state index is 12.7. The second-order valence-electron chi connectivity index (χ2n) is 7.42. The van der Waals surface area contributed by atoms with Gasteiger partial charge in [0.2, 0.25) is 0 Å². The zero-order valence-electron chi connectivity index (χ0n) is 15.2. The molecule has 2 heterocycles. The highest BCUT2D eigenvalue weighted by atomic mass is 16.6. The van der Waals surface area contributed by atoms with E-state index in [4.69, 9.17) is 4.74 Å².